The first-order valence-corrected chi connectivity index (χ1v) is 14.0. The fourth-order valence-corrected chi connectivity index (χ4v) is 5.96. The van der Waals surface area contributed by atoms with Crippen molar-refractivity contribution in [2.24, 2.45) is 0 Å². The molecule has 0 aliphatic carbocycles. The lowest BCUT2D eigenvalue weighted by Gasteiger charge is -2.10. The van der Waals surface area contributed by atoms with Crippen molar-refractivity contribution in [3.05, 3.63) is 92.5 Å². The summed E-state index contributed by atoms with van der Waals surface area (Å²) in [5.41, 5.74) is 2.77. The Hall–Kier alpha value is -2.65. The Morgan fingerprint density at radius 3 is 2.37 bits per heavy atom. The van der Waals surface area contributed by atoms with Gasteiger partial charge >= 0.3 is 4.87 Å². The quantitative estimate of drug-likeness (QED) is 0.276. The third-order valence-electron chi connectivity index (χ3n) is 5.43. The normalized spacial score (nSPS) is 11.9. The summed E-state index contributed by atoms with van der Waals surface area (Å²) >= 11 is 6.98. The van der Waals surface area contributed by atoms with Gasteiger partial charge in [0, 0.05) is 11.6 Å². The molecule has 0 radical (unpaired) electrons. The van der Waals surface area contributed by atoms with E-state index in [9.17, 15) is 13.2 Å². The van der Waals surface area contributed by atoms with Gasteiger partial charge in [0.05, 0.1) is 27.8 Å². The molecule has 9 heteroatoms. The standard InChI is InChI=1S/C26H27ClN2O4S2/c1-18(2)33-22-11-7-19(8-12-22)4-3-15-28-35(31,32)23-13-14-24-25(16-23)34-26(30)29(24)17-20-5-9-21(27)10-6-20/h5-14,16,18,28H,3-4,15,17H2,1-2H3. The molecule has 3 aromatic carbocycles. The highest BCUT2D eigenvalue weighted by Crippen LogP contribution is 2.23. The molecule has 0 unspecified atom stereocenters. The summed E-state index contributed by atoms with van der Waals surface area (Å²) in [7, 11) is -3.68. The van der Waals surface area contributed by atoms with Gasteiger partial charge in [0.2, 0.25) is 10.0 Å². The Kier molecular flexibility index (Phi) is 7.96. The first-order chi connectivity index (χ1) is 16.7. The first kappa shape index (κ1) is 25.4. The number of nitrogens with zero attached hydrogens (tertiary/aromatic N) is 1. The molecule has 0 aliphatic heterocycles. The highest BCUT2D eigenvalue weighted by atomic mass is 35.5. The largest absolute Gasteiger partial charge is 0.491 e. The van der Waals surface area contributed by atoms with Crippen LogP contribution in [0.15, 0.2) is 76.4 Å². The number of halogens is 1. The summed E-state index contributed by atoms with van der Waals surface area (Å²) in [6.07, 6.45) is 1.53. The second-order valence-electron chi connectivity index (χ2n) is 8.52. The van der Waals surface area contributed by atoms with E-state index in [-0.39, 0.29) is 15.9 Å². The van der Waals surface area contributed by atoms with E-state index in [0.29, 0.717) is 34.7 Å². The summed E-state index contributed by atoms with van der Waals surface area (Å²) in [5, 5.41) is 0.632. The van der Waals surface area contributed by atoms with E-state index in [2.05, 4.69) is 4.72 Å². The van der Waals surface area contributed by atoms with E-state index in [1.54, 1.807) is 34.9 Å². The summed E-state index contributed by atoms with van der Waals surface area (Å²) in [5.74, 6) is 0.823. The summed E-state index contributed by atoms with van der Waals surface area (Å²) < 4.78 is 36.2. The van der Waals surface area contributed by atoms with Crippen LogP contribution in [0.4, 0.5) is 0 Å². The van der Waals surface area contributed by atoms with Crippen molar-refractivity contribution >= 4 is 43.2 Å². The van der Waals surface area contributed by atoms with Gasteiger partial charge in [-0.3, -0.25) is 9.36 Å². The fraction of sp³-hybridized carbons (Fsp3) is 0.269. The molecule has 4 aromatic rings. The number of ether oxygens (including phenoxy) is 1. The van der Waals surface area contributed by atoms with Crippen LogP contribution >= 0.6 is 22.9 Å². The van der Waals surface area contributed by atoms with E-state index in [1.807, 2.05) is 50.2 Å². The minimum Gasteiger partial charge on any atom is -0.491 e. The van der Waals surface area contributed by atoms with Gasteiger partial charge in [0.15, 0.2) is 0 Å². The molecule has 0 atom stereocenters. The van der Waals surface area contributed by atoms with Crippen LogP contribution in [0.2, 0.25) is 5.02 Å². The van der Waals surface area contributed by atoms with Crippen molar-refractivity contribution < 1.29 is 13.2 Å². The average molecular weight is 531 g/mol. The molecule has 0 aliphatic rings. The van der Waals surface area contributed by atoms with Gasteiger partial charge in [-0.05, 0) is 80.3 Å². The lowest BCUT2D eigenvalue weighted by atomic mass is 10.1. The maximum absolute atomic E-state index is 12.8. The van der Waals surface area contributed by atoms with Crippen LogP contribution in [0.1, 0.15) is 31.4 Å². The number of nitrogens with one attached hydrogen (secondary N) is 1. The minimum atomic E-state index is -3.68. The molecule has 0 saturated heterocycles. The monoisotopic (exact) mass is 530 g/mol. The molecule has 6 nitrogen and oxygen atoms in total. The lowest BCUT2D eigenvalue weighted by molar-refractivity contribution is 0.242. The van der Waals surface area contributed by atoms with Gasteiger partial charge in [-0.25, -0.2) is 13.1 Å². The molecule has 0 saturated carbocycles. The summed E-state index contributed by atoms with van der Waals surface area (Å²) in [4.78, 5) is 12.6. The number of fused-ring (bicyclic) bond motifs is 1. The van der Waals surface area contributed by atoms with Crippen molar-refractivity contribution in [3.63, 3.8) is 0 Å². The maximum Gasteiger partial charge on any atom is 0.308 e. The van der Waals surface area contributed by atoms with Crippen LogP contribution < -0.4 is 14.3 Å². The van der Waals surface area contributed by atoms with E-state index in [1.165, 1.54) is 0 Å². The third kappa shape index (κ3) is 6.52. The molecular formula is C26H27ClN2O4S2. The number of aromatic nitrogens is 1. The third-order valence-corrected chi connectivity index (χ3v) is 8.09. The highest BCUT2D eigenvalue weighted by Gasteiger charge is 2.16. The van der Waals surface area contributed by atoms with Crippen molar-refractivity contribution in [1.82, 2.24) is 9.29 Å². The molecule has 0 bridgehead atoms. The number of hydrogen-bond donors (Lipinski definition) is 1. The molecule has 35 heavy (non-hydrogen) atoms. The van der Waals surface area contributed by atoms with Crippen LogP contribution in [-0.4, -0.2) is 25.6 Å². The smallest absolute Gasteiger partial charge is 0.308 e. The molecule has 1 N–H and O–H groups in total. The van der Waals surface area contributed by atoms with Crippen molar-refractivity contribution in [2.75, 3.05) is 6.54 Å². The number of thiazole rings is 1. The summed E-state index contributed by atoms with van der Waals surface area (Å²) in [6.45, 7) is 4.67. The molecule has 184 valence electrons. The Morgan fingerprint density at radius 2 is 1.69 bits per heavy atom. The minimum absolute atomic E-state index is 0.123. The van der Waals surface area contributed by atoms with Crippen LogP contribution in [-0.2, 0) is 23.0 Å². The van der Waals surface area contributed by atoms with Crippen LogP contribution in [0.3, 0.4) is 0 Å². The van der Waals surface area contributed by atoms with Gasteiger partial charge in [-0.1, -0.05) is 47.2 Å². The molecule has 1 aromatic heterocycles. The number of sulfonamides is 1. The van der Waals surface area contributed by atoms with Crippen LogP contribution in [0.25, 0.3) is 10.2 Å². The van der Waals surface area contributed by atoms with Crippen molar-refractivity contribution in [2.45, 2.75) is 44.2 Å². The average Bonchev–Trinajstić information content (AvgIpc) is 3.13. The molecule has 0 fully saturated rings. The van der Waals surface area contributed by atoms with Gasteiger partial charge in [-0.2, -0.15) is 0 Å². The molecule has 4 rings (SSSR count). The first-order valence-electron chi connectivity index (χ1n) is 11.3. The maximum atomic E-state index is 12.8. The predicted molar refractivity (Wildman–Crippen MR) is 142 cm³/mol. The zero-order valence-electron chi connectivity index (χ0n) is 19.5. The number of benzene rings is 3. The zero-order valence-corrected chi connectivity index (χ0v) is 21.9. The predicted octanol–water partition coefficient (Wildman–Crippen LogP) is 5.46. The second-order valence-corrected chi connectivity index (χ2v) is 11.7. The van der Waals surface area contributed by atoms with Crippen LogP contribution in [0, 0.1) is 0 Å². The Morgan fingerprint density at radius 1 is 1.00 bits per heavy atom. The molecule has 1 heterocycles. The Bertz CT molecular complexity index is 1460. The SMILES string of the molecule is CC(C)Oc1ccc(CCCNS(=O)(=O)c2ccc3c(c2)sc(=O)n3Cc2ccc(Cl)cc2)cc1. The highest BCUT2D eigenvalue weighted by molar-refractivity contribution is 7.89. The number of hydrogen-bond acceptors (Lipinski definition) is 5. The molecular weight excluding hydrogens is 504 g/mol. The Balaban J connectivity index is 1.39. The molecule has 0 spiro atoms. The number of aryl methyl sites for hydroxylation is 1. The summed E-state index contributed by atoms with van der Waals surface area (Å²) in [6, 6.07) is 20.0. The van der Waals surface area contributed by atoms with E-state index in [0.717, 1.165) is 34.6 Å². The Labute approximate surface area is 214 Å². The van der Waals surface area contributed by atoms with Crippen molar-refractivity contribution in [3.8, 4) is 5.75 Å². The molecule has 0 amide bonds. The lowest BCUT2D eigenvalue weighted by Crippen LogP contribution is -2.25. The second kappa shape index (κ2) is 11.0. The topological polar surface area (TPSA) is 77.4 Å². The van der Waals surface area contributed by atoms with Gasteiger partial charge < -0.3 is 4.74 Å². The number of rotatable bonds is 10. The van der Waals surface area contributed by atoms with Crippen LogP contribution in [0.5, 0.6) is 5.75 Å². The van der Waals surface area contributed by atoms with Crippen molar-refractivity contribution in [1.29, 1.82) is 0 Å². The van der Waals surface area contributed by atoms with E-state index in [4.69, 9.17) is 16.3 Å². The fourth-order valence-electron chi connectivity index (χ4n) is 3.73. The van der Waals surface area contributed by atoms with Gasteiger partial charge in [-0.15, -0.1) is 0 Å². The van der Waals surface area contributed by atoms with Gasteiger partial charge in [0.1, 0.15) is 5.75 Å². The van der Waals surface area contributed by atoms with E-state index >= 15 is 0 Å². The van der Waals surface area contributed by atoms with Gasteiger partial charge in [0.25, 0.3) is 0 Å². The van der Waals surface area contributed by atoms with E-state index < -0.39 is 10.0 Å². The zero-order chi connectivity index (χ0) is 25.0.